The van der Waals surface area contributed by atoms with Gasteiger partial charge < -0.3 is 19.9 Å². The van der Waals surface area contributed by atoms with Crippen molar-refractivity contribution in [2.24, 2.45) is 0 Å². The zero-order valence-electron chi connectivity index (χ0n) is 19.9. The largest absolute Gasteiger partial charge is 0.444 e. The number of ether oxygens (including phenoxy) is 1. The molecule has 0 spiro atoms. The van der Waals surface area contributed by atoms with Crippen molar-refractivity contribution in [3.63, 3.8) is 0 Å². The van der Waals surface area contributed by atoms with Gasteiger partial charge in [-0.25, -0.2) is 4.79 Å². The minimum atomic E-state index is -0.471. The molecular formula is C26H34N4O2S. The summed E-state index contributed by atoms with van der Waals surface area (Å²) in [4.78, 5) is 18.9. The molecule has 33 heavy (non-hydrogen) atoms. The van der Waals surface area contributed by atoms with Crippen LogP contribution in [0.3, 0.4) is 0 Å². The zero-order valence-corrected chi connectivity index (χ0v) is 20.7. The molecule has 0 radical (unpaired) electrons. The lowest BCUT2D eigenvalue weighted by atomic mass is 9.81. The fourth-order valence-electron chi connectivity index (χ4n) is 4.75. The average Bonchev–Trinajstić information content (AvgIpc) is 3.44. The van der Waals surface area contributed by atoms with Gasteiger partial charge in [-0.15, -0.1) is 11.3 Å². The predicted octanol–water partition coefficient (Wildman–Crippen LogP) is 6.95. The van der Waals surface area contributed by atoms with Crippen LogP contribution in [0.4, 0.5) is 10.5 Å². The first-order chi connectivity index (χ1) is 15.7. The van der Waals surface area contributed by atoms with Crippen LogP contribution in [0.2, 0.25) is 0 Å². The molecule has 3 N–H and O–H groups in total. The Bertz CT molecular complexity index is 1110. The van der Waals surface area contributed by atoms with Crippen LogP contribution < -0.4 is 5.32 Å². The number of thiophene rings is 1. The second kappa shape index (κ2) is 9.59. The molecule has 2 aromatic heterocycles. The molecule has 176 valence electrons. The first-order valence-corrected chi connectivity index (χ1v) is 12.6. The van der Waals surface area contributed by atoms with Gasteiger partial charge in [0, 0.05) is 35.4 Å². The minimum Gasteiger partial charge on any atom is -0.444 e. The number of H-pyrrole nitrogens is 1. The highest BCUT2D eigenvalue weighted by molar-refractivity contribution is 7.12. The van der Waals surface area contributed by atoms with Gasteiger partial charge in [-0.2, -0.15) is 0 Å². The average molecular weight is 467 g/mol. The zero-order chi connectivity index (χ0) is 23.6. The summed E-state index contributed by atoms with van der Waals surface area (Å²) < 4.78 is 5.62. The molecule has 0 atom stereocenters. The summed E-state index contributed by atoms with van der Waals surface area (Å²) in [6.45, 7) is 8.45. The van der Waals surface area contributed by atoms with Crippen LogP contribution in [0.15, 0.2) is 41.9 Å². The fourth-order valence-corrected chi connectivity index (χ4v) is 5.38. The monoisotopic (exact) mass is 466 g/mol. The van der Waals surface area contributed by atoms with Crippen molar-refractivity contribution in [2.75, 3.05) is 11.9 Å². The van der Waals surface area contributed by atoms with Crippen LogP contribution in [0.5, 0.6) is 0 Å². The second-order valence-electron chi connectivity index (χ2n) is 9.75. The number of hydrogen-bond acceptors (Lipinski definition) is 4. The molecule has 6 nitrogen and oxygen atoms in total. The van der Waals surface area contributed by atoms with Gasteiger partial charge in [0.05, 0.1) is 4.88 Å². The summed E-state index contributed by atoms with van der Waals surface area (Å²) >= 11 is 1.56. The van der Waals surface area contributed by atoms with Gasteiger partial charge >= 0.3 is 6.09 Å². The SMILES string of the molecule is CCN(C(=O)OC(C)(C)C)C1CCC(c2c[nH]c3cc(NC(=N)c4cccs4)ccc23)CC1. The molecule has 1 amide bonds. The number of amidine groups is 1. The van der Waals surface area contributed by atoms with Gasteiger partial charge in [0.15, 0.2) is 0 Å². The number of rotatable bonds is 5. The Balaban J connectivity index is 1.41. The fraction of sp³-hybridized carbons (Fsp3) is 0.462. The Hall–Kier alpha value is -2.80. The molecule has 1 aliphatic rings. The van der Waals surface area contributed by atoms with E-state index in [0.717, 1.165) is 41.8 Å². The van der Waals surface area contributed by atoms with Crippen molar-refractivity contribution in [1.29, 1.82) is 5.41 Å². The van der Waals surface area contributed by atoms with E-state index in [0.29, 0.717) is 18.3 Å². The highest BCUT2D eigenvalue weighted by atomic mass is 32.1. The maximum Gasteiger partial charge on any atom is 0.410 e. The molecule has 2 heterocycles. The molecule has 0 bridgehead atoms. The van der Waals surface area contributed by atoms with Gasteiger partial charge in [0.2, 0.25) is 0 Å². The number of benzene rings is 1. The van der Waals surface area contributed by atoms with Gasteiger partial charge in [-0.1, -0.05) is 12.1 Å². The van der Waals surface area contributed by atoms with E-state index in [1.165, 1.54) is 10.9 Å². The minimum absolute atomic E-state index is 0.200. The summed E-state index contributed by atoms with van der Waals surface area (Å²) in [5.41, 5.74) is 2.87. The van der Waals surface area contributed by atoms with Crippen molar-refractivity contribution in [3.05, 3.63) is 52.3 Å². The van der Waals surface area contributed by atoms with Crippen molar-refractivity contribution < 1.29 is 9.53 Å². The number of nitrogens with zero attached hydrogens (tertiary/aromatic N) is 1. The molecule has 1 aromatic carbocycles. The van der Waals surface area contributed by atoms with E-state index in [1.807, 2.05) is 50.1 Å². The molecule has 1 saturated carbocycles. The predicted molar refractivity (Wildman–Crippen MR) is 137 cm³/mol. The first-order valence-electron chi connectivity index (χ1n) is 11.7. The van der Waals surface area contributed by atoms with E-state index >= 15 is 0 Å². The topological polar surface area (TPSA) is 81.2 Å². The van der Waals surface area contributed by atoms with Crippen LogP contribution in [0.1, 0.15) is 69.7 Å². The number of amides is 1. The Morgan fingerprint density at radius 2 is 2.00 bits per heavy atom. The smallest absolute Gasteiger partial charge is 0.410 e. The molecule has 0 unspecified atom stereocenters. The molecule has 1 fully saturated rings. The lowest BCUT2D eigenvalue weighted by Gasteiger charge is -2.37. The van der Waals surface area contributed by atoms with Crippen molar-refractivity contribution in [3.8, 4) is 0 Å². The van der Waals surface area contributed by atoms with E-state index < -0.39 is 5.60 Å². The Kier molecular flexibility index (Phi) is 6.79. The molecule has 0 aliphatic heterocycles. The summed E-state index contributed by atoms with van der Waals surface area (Å²) in [5.74, 6) is 0.899. The molecular weight excluding hydrogens is 432 g/mol. The van der Waals surface area contributed by atoms with Gasteiger partial charge in [-0.3, -0.25) is 5.41 Å². The number of nitrogens with one attached hydrogen (secondary N) is 3. The molecule has 1 aliphatic carbocycles. The Morgan fingerprint density at radius 1 is 1.24 bits per heavy atom. The van der Waals surface area contributed by atoms with E-state index in [-0.39, 0.29) is 12.1 Å². The summed E-state index contributed by atoms with van der Waals surface area (Å²) in [5, 5.41) is 14.7. The van der Waals surface area contributed by atoms with E-state index in [4.69, 9.17) is 10.1 Å². The van der Waals surface area contributed by atoms with E-state index in [1.54, 1.807) is 11.3 Å². The first kappa shape index (κ1) is 23.4. The van der Waals surface area contributed by atoms with Crippen LogP contribution in [0, 0.1) is 5.41 Å². The molecule has 3 aromatic rings. The standard InChI is InChI=1S/C26H34N4O2S/c1-5-30(25(31)32-26(2,3)4)19-11-8-17(9-12-19)21-16-28-22-15-18(10-13-20(21)22)29-24(27)23-7-6-14-33-23/h6-7,10,13-17,19,28H,5,8-9,11-12H2,1-4H3,(H2,27,29). The van der Waals surface area contributed by atoms with Crippen molar-refractivity contribution in [2.45, 2.75) is 70.9 Å². The number of fused-ring (bicyclic) bond motifs is 1. The maximum absolute atomic E-state index is 12.6. The summed E-state index contributed by atoms with van der Waals surface area (Å²) in [7, 11) is 0. The van der Waals surface area contributed by atoms with Gasteiger partial charge in [0.1, 0.15) is 11.4 Å². The van der Waals surface area contributed by atoms with E-state index in [9.17, 15) is 4.79 Å². The van der Waals surface area contributed by atoms with Crippen LogP contribution >= 0.6 is 11.3 Å². The number of anilines is 1. The van der Waals surface area contributed by atoms with Gasteiger partial charge in [-0.05, 0) is 88.4 Å². The van der Waals surface area contributed by atoms with E-state index in [2.05, 4.69) is 34.7 Å². The number of carbonyl (C=O) groups excluding carboxylic acids is 1. The van der Waals surface area contributed by atoms with Crippen molar-refractivity contribution in [1.82, 2.24) is 9.88 Å². The number of hydrogen-bond donors (Lipinski definition) is 3. The number of carbonyl (C=O) groups is 1. The highest BCUT2D eigenvalue weighted by Gasteiger charge is 2.31. The van der Waals surface area contributed by atoms with Gasteiger partial charge in [0.25, 0.3) is 0 Å². The normalized spacial score (nSPS) is 18.8. The van der Waals surface area contributed by atoms with Crippen LogP contribution in [-0.4, -0.2) is 40.0 Å². The maximum atomic E-state index is 12.6. The number of aromatic nitrogens is 1. The number of aromatic amines is 1. The second-order valence-corrected chi connectivity index (χ2v) is 10.7. The van der Waals surface area contributed by atoms with Crippen LogP contribution in [0.25, 0.3) is 10.9 Å². The Labute approximate surface area is 199 Å². The summed E-state index contributed by atoms with van der Waals surface area (Å²) in [6, 6.07) is 10.4. The Morgan fingerprint density at radius 3 is 2.64 bits per heavy atom. The molecule has 4 rings (SSSR count). The summed E-state index contributed by atoms with van der Waals surface area (Å²) in [6.07, 6.45) is 6.02. The lowest BCUT2D eigenvalue weighted by molar-refractivity contribution is 0.0129. The lowest BCUT2D eigenvalue weighted by Crippen LogP contribution is -2.44. The van der Waals surface area contributed by atoms with Crippen LogP contribution in [-0.2, 0) is 4.74 Å². The third kappa shape index (κ3) is 5.41. The van der Waals surface area contributed by atoms with Crippen molar-refractivity contribution >= 4 is 39.9 Å². The third-order valence-electron chi connectivity index (χ3n) is 6.30. The quantitative estimate of drug-likeness (QED) is 0.281. The third-order valence-corrected chi connectivity index (χ3v) is 7.18. The molecule has 0 saturated heterocycles. The molecule has 7 heteroatoms. The highest BCUT2D eigenvalue weighted by Crippen LogP contribution is 2.38.